The van der Waals surface area contributed by atoms with Crippen molar-refractivity contribution in [2.24, 2.45) is 0 Å². The van der Waals surface area contributed by atoms with Gasteiger partial charge in [0.05, 0.1) is 16.8 Å². The van der Waals surface area contributed by atoms with Crippen molar-refractivity contribution in [2.75, 3.05) is 24.2 Å². The average molecular weight is 413 g/mol. The number of benzene rings is 2. The molecule has 1 fully saturated rings. The van der Waals surface area contributed by atoms with Gasteiger partial charge in [-0.15, -0.1) is 0 Å². The molecule has 150 valence electrons. The lowest BCUT2D eigenvalue weighted by molar-refractivity contribution is 0.602. The molecular weight excluding hydrogens is 393 g/mol. The third kappa shape index (κ3) is 3.80. The summed E-state index contributed by atoms with van der Waals surface area (Å²) >= 11 is 0. The van der Waals surface area contributed by atoms with Crippen molar-refractivity contribution in [2.45, 2.75) is 17.7 Å². The van der Waals surface area contributed by atoms with Crippen molar-refractivity contribution in [3.63, 3.8) is 0 Å². The van der Waals surface area contributed by atoms with Crippen LogP contribution < -0.4 is 10.5 Å². The first kappa shape index (κ1) is 19.3. The van der Waals surface area contributed by atoms with Gasteiger partial charge in [-0.3, -0.25) is 4.79 Å². The van der Waals surface area contributed by atoms with Crippen molar-refractivity contribution in [1.29, 1.82) is 0 Å². The lowest BCUT2D eigenvalue weighted by Crippen LogP contribution is -2.31. The molecule has 1 saturated heterocycles. The van der Waals surface area contributed by atoms with E-state index >= 15 is 0 Å². The first-order valence-electron chi connectivity index (χ1n) is 9.28. The zero-order valence-corrected chi connectivity index (χ0v) is 16.7. The number of hydrogen-bond donors (Lipinski definition) is 0. The minimum absolute atomic E-state index is 0.219. The van der Waals surface area contributed by atoms with Crippen molar-refractivity contribution < 1.29 is 12.8 Å². The fourth-order valence-electron chi connectivity index (χ4n) is 3.55. The summed E-state index contributed by atoms with van der Waals surface area (Å²) in [5, 5.41) is 4.29. The predicted molar refractivity (Wildman–Crippen MR) is 110 cm³/mol. The number of aromatic nitrogens is 2. The monoisotopic (exact) mass is 413 g/mol. The Hall–Kier alpha value is -3.00. The van der Waals surface area contributed by atoms with E-state index in [9.17, 15) is 17.6 Å². The molecule has 0 aliphatic carbocycles. The van der Waals surface area contributed by atoms with Crippen LogP contribution in [-0.4, -0.2) is 37.5 Å². The summed E-state index contributed by atoms with van der Waals surface area (Å²) < 4.78 is 38.0. The van der Waals surface area contributed by atoms with Gasteiger partial charge in [0, 0.05) is 24.9 Å². The van der Waals surface area contributed by atoms with Crippen molar-refractivity contribution in [1.82, 2.24) is 9.78 Å². The minimum atomic E-state index is -3.30. The average Bonchev–Trinajstić information content (AvgIpc) is 3.22. The Morgan fingerprint density at radius 1 is 0.966 bits per heavy atom. The van der Waals surface area contributed by atoms with Crippen LogP contribution in [0.5, 0.6) is 0 Å². The second kappa shape index (κ2) is 7.44. The number of halogens is 1. The summed E-state index contributed by atoms with van der Waals surface area (Å²) in [7, 11) is -3.30. The molecule has 0 radical (unpaired) electrons. The molecule has 2 heterocycles. The zero-order chi connectivity index (χ0) is 20.6. The summed E-state index contributed by atoms with van der Waals surface area (Å²) in [5.74, 6) is -0.385. The highest BCUT2D eigenvalue weighted by Crippen LogP contribution is 2.30. The standard InChI is InChI=1S/C21H20FN3O3S/c1-29(27,28)18-10-4-15(5-11-18)19-14-23-25(17-8-6-16(22)7-9-17)21(26)20(19)24-12-2-3-13-24/h4-11,14H,2-3,12-13H2,1H3. The fraction of sp³-hybridized carbons (Fsp3) is 0.238. The second-order valence-electron chi connectivity index (χ2n) is 7.09. The maximum absolute atomic E-state index is 13.3. The smallest absolute Gasteiger partial charge is 0.295 e. The quantitative estimate of drug-likeness (QED) is 0.657. The second-order valence-corrected chi connectivity index (χ2v) is 9.11. The molecule has 0 bridgehead atoms. The first-order valence-corrected chi connectivity index (χ1v) is 11.2. The van der Waals surface area contributed by atoms with Gasteiger partial charge in [-0.2, -0.15) is 9.78 Å². The molecule has 1 aliphatic heterocycles. The molecule has 0 amide bonds. The molecule has 3 aromatic rings. The van der Waals surface area contributed by atoms with Crippen LogP contribution in [0.3, 0.4) is 0 Å². The normalized spacial score (nSPS) is 14.3. The van der Waals surface area contributed by atoms with Crippen molar-refractivity contribution in [3.05, 3.63) is 70.9 Å². The Morgan fingerprint density at radius 2 is 1.59 bits per heavy atom. The van der Waals surface area contributed by atoms with Crippen LogP contribution in [-0.2, 0) is 9.84 Å². The molecule has 0 atom stereocenters. The molecule has 8 heteroatoms. The number of anilines is 1. The minimum Gasteiger partial charge on any atom is -0.366 e. The largest absolute Gasteiger partial charge is 0.366 e. The van der Waals surface area contributed by atoms with Gasteiger partial charge in [0.2, 0.25) is 0 Å². The van der Waals surface area contributed by atoms with E-state index in [4.69, 9.17) is 0 Å². The van der Waals surface area contributed by atoms with Gasteiger partial charge in [0.25, 0.3) is 5.56 Å². The van der Waals surface area contributed by atoms with Crippen LogP contribution in [0.1, 0.15) is 12.8 Å². The molecule has 0 spiro atoms. The summed E-state index contributed by atoms with van der Waals surface area (Å²) in [6, 6.07) is 12.0. The summed E-state index contributed by atoms with van der Waals surface area (Å²) in [6.07, 6.45) is 4.74. The van der Waals surface area contributed by atoms with Gasteiger partial charge < -0.3 is 4.90 Å². The Labute approximate surface area is 168 Å². The van der Waals surface area contributed by atoms with E-state index in [-0.39, 0.29) is 16.3 Å². The van der Waals surface area contributed by atoms with Crippen molar-refractivity contribution in [3.8, 4) is 16.8 Å². The highest BCUT2D eigenvalue weighted by Gasteiger charge is 2.23. The Kier molecular flexibility index (Phi) is 4.96. The van der Waals surface area contributed by atoms with Crippen LogP contribution in [0.25, 0.3) is 16.8 Å². The molecule has 0 saturated carbocycles. The highest BCUT2D eigenvalue weighted by molar-refractivity contribution is 7.90. The van der Waals surface area contributed by atoms with E-state index in [1.807, 2.05) is 4.90 Å². The number of nitrogens with zero attached hydrogens (tertiary/aromatic N) is 3. The fourth-order valence-corrected chi connectivity index (χ4v) is 4.18. The summed E-state index contributed by atoms with van der Waals surface area (Å²) in [6.45, 7) is 1.52. The molecule has 1 aliphatic rings. The van der Waals surface area contributed by atoms with E-state index in [0.29, 0.717) is 16.9 Å². The molecule has 4 rings (SSSR count). The number of hydrogen-bond acceptors (Lipinski definition) is 5. The van der Waals surface area contributed by atoms with Crippen LogP contribution in [0.4, 0.5) is 10.1 Å². The first-order chi connectivity index (χ1) is 13.8. The Morgan fingerprint density at radius 3 is 2.17 bits per heavy atom. The molecular formula is C21H20FN3O3S. The van der Waals surface area contributed by atoms with Crippen molar-refractivity contribution >= 4 is 15.5 Å². The summed E-state index contributed by atoms with van der Waals surface area (Å²) in [4.78, 5) is 15.6. The van der Waals surface area contributed by atoms with E-state index in [2.05, 4.69) is 5.10 Å². The van der Waals surface area contributed by atoms with Gasteiger partial charge >= 0.3 is 0 Å². The van der Waals surface area contributed by atoms with Gasteiger partial charge in [0.1, 0.15) is 11.5 Å². The number of sulfone groups is 1. The van der Waals surface area contributed by atoms with E-state index in [0.717, 1.165) is 37.8 Å². The molecule has 29 heavy (non-hydrogen) atoms. The molecule has 1 aromatic heterocycles. The van der Waals surface area contributed by atoms with E-state index in [1.165, 1.54) is 41.1 Å². The molecule has 6 nitrogen and oxygen atoms in total. The topological polar surface area (TPSA) is 72.3 Å². The molecule has 0 unspecified atom stereocenters. The molecule has 2 aromatic carbocycles. The maximum Gasteiger partial charge on any atom is 0.295 e. The van der Waals surface area contributed by atoms with Crippen LogP contribution >= 0.6 is 0 Å². The third-order valence-corrected chi connectivity index (χ3v) is 6.17. The predicted octanol–water partition coefficient (Wildman–Crippen LogP) is 3.04. The Balaban J connectivity index is 1.87. The summed E-state index contributed by atoms with van der Waals surface area (Å²) in [5.41, 5.74) is 2.08. The third-order valence-electron chi connectivity index (χ3n) is 5.04. The number of rotatable bonds is 4. The van der Waals surface area contributed by atoms with Gasteiger partial charge in [-0.1, -0.05) is 12.1 Å². The van der Waals surface area contributed by atoms with Crippen LogP contribution in [0.2, 0.25) is 0 Å². The van der Waals surface area contributed by atoms with Crippen LogP contribution in [0.15, 0.2) is 64.4 Å². The zero-order valence-electron chi connectivity index (χ0n) is 15.9. The lowest BCUT2D eigenvalue weighted by atomic mass is 10.1. The van der Waals surface area contributed by atoms with Crippen LogP contribution in [0, 0.1) is 5.82 Å². The van der Waals surface area contributed by atoms with Gasteiger partial charge in [0.15, 0.2) is 9.84 Å². The highest BCUT2D eigenvalue weighted by atomic mass is 32.2. The van der Waals surface area contributed by atoms with E-state index in [1.54, 1.807) is 18.3 Å². The van der Waals surface area contributed by atoms with Gasteiger partial charge in [-0.25, -0.2) is 12.8 Å². The Bertz CT molecular complexity index is 1200. The lowest BCUT2D eigenvalue weighted by Gasteiger charge is -2.21. The SMILES string of the molecule is CS(=O)(=O)c1ccc(-c2cnn(-c3ccc(F)cc3)c(=O)c2N2CCCC2)cc1. The van der Waals surface area contributed by atoms with E-state index < -0.39 is 9.84 Å². The maximum atomic E-state index is 13.3. The van der Waals surface area contributed by atoms with Gasteiger partial charge in [-0.05, 0) is 54.8 Å². The molecule has 0 N–H and O–H groups in total.